The van der Waals surface area contributed by atoms with Crippen molar-refractivity contribution < 1.29 is 9.53 Å². The summed E-state index contributed by atoms with van der Waals surface area (Å²) in [7, 11) is 0. The molecule has 98 valence electrons. The van der Waals surface area contributed by atoms with E-state index >= 15 is 0 Å². The highest BCUT2D eigenvalue weighted by molar-refractivity contribution is 7.80. The minimum absolute atomic E-state index is 0.0164. The molecular weight excluding hydrogens is 236 g/mol. The molecule has 0 heterocycles. The van der Waals surface area contributed by atoms with Crippen molar-refractivity contribution in [3.05, 3.63) is 0 Å². The number of carbonyl (C=O) groups excluding carboxylic acids is 1. The van der Waals surface area contributed by atoms with Crippen molar-refractivity contribution in [2.24, 2.45) is 11.7 Å². The van der Waals surface area contributed by atoms with E-state index in [9.17, 15) is 4.79 Å². The van der Waals surface area contributed by atoms with Gasteiger partial charge < -0.3 is 15.8 Å². The molecule has 4 nitrogen and oxygen atoms in total. The number of rotatable bonds is 6. The first-order valence-electron chi connectivity index (χ1n) is 6.07. The predicted molar refractivity (Wildman–Crippen MR) is 71.8 cm³/mol. The maximum absolute atomic E-state index is 11.8. The number of ether oxygens (including phenoxy) is 1. The highest BCUT2D eigenvalue weighted by atomic mass is 32.1. The average molecular weight is 258 g/mol. The van der Waals surface area contributed by atoms with Crippen LogP contribution in [0.4, 0.5) is 0 Å². The molecule has 0 aromatic rings. The van der Waals surface area contributed by atoms with E-state index in [2.05, 4.69) is 5.32 Å². The molecule has 1 fully saturated rings. The Morgan fingerprint density at radius 2 is 2.12 bits per heavy atom. The summed E-state index contributed by atoms with van der Waals surface area (Å²) in [6.45, 7) is 6.37. The topological polar surface area (TPSA) is 64.3 Å². The smallest absolute Gasteiger partial charge is 0.221 e. The molecule has 1 saturated carbocycles. The SMILES string of the molecule is CCOC1CC(CC(=O)NC(C)(C)C(N)=S)C1. The highest BCUT2D eigenvalue weighted by Gasteiger charge is 2.32. The van der Waals surface area contributed by atoms with Gasteiger partial charge in [-0.05, 0) is 39.5 Å². The number of nitrogens with two attached hydrogens (primary N) is 1. The van der Waals surface area contributed by atoms with Gasteiger partial charge in [0.05, 0.1) is 16.6 Å². The van der Waals surface area contributed by atoms with E-state index in [1.165, 1.54) is 0 Å². The van der Waals surface area contributed by atoms with Crippen molar-refractivity contribution in [1.29, 1.82) is 0 Å². The lowest BCUT2D eigenvalue weighted by atomic mass is 9.79. The van der Waals surface area contributed by atoms with Crippen LogP contribution in [0.3, 0.4) is 0 Å². The van der Waals surface area contributed by atoms with Gasteiger partial charge in [-0.2, -0.15) is 0 Å². The van der Waals surface area contributed by atoms with Crippen molar-refractivity contribution >= 4 is 23.1 Å². The number of hydrogen-bond donors (Lipinski definition) is 2. The molecule has 0 aliphatic heterocycles. The Bertz CT molecular complexity index is 299. The first kappa shape index (κ1) is 14.4. The quantitative estimate of drug-likeness (QED) is 0.706. The zero-order chi connectivity index (χ0) is 13.1. The number of thiocarbonyl (C=S) groups is 1. The Morgan fingerprint density at radius 1 is 1.53 bits per heavy atom. The summed E-state index contributed by atoms with van der Waals surface area (Å²) in [4.78, 5) is 12.1. The van der Waals surface area contributed by atoms with E-state index < -0.39 is 5.54 Å². The van der Waals surface area contributed by atoms with Gasteiger partial charge in [0.2, 0.25) is 5.91 Å². The summed E-state index contributed by atoms with van der Waals surface area (Å²) in [5.41, 5.74) is 4.95. The van der Waals surface area contributed by atoms with E-state index in [-0.39, 0.29) is 5.91 Å². The lowest BCUT2D eigenvalue weighted by molar-refractivity contribution is -0.125. The minimum atomic E-state index is -0.602. The number of amides is 1. The normalized spacial score (nSPS) is 23.9. The van der Waals surface area contributed by atoms with Crippen LogP contribution in [0.5, 0.6) is 0 Å². The van der Waals surface area contributed by atoms with Gasteiger partial charge in [0.1, 0.15) is 0 Å². The van der Waals surface area contributed by atoms with Gasteiger partial charge in [-0.25, -0.2) is 0 Å². The molecule has 0 aromatic heterocycles. The molecule has 0 spiro atoms. The molecule has 1 aliphatic rings. The van der Waals surface area contributed by atoms with E-state index in [0.29, 0.717) is 23.4 Å². The summed E-state index contributed by atoms with van der Waals surface area (Å²) in [6.07, 6.45) is 2.85. The van der Waals surface area contributed by atoms with Crippen molar-refractivity contribution in [3.8, 4) is 0 Å². The second-order valence-corrected chi connectivity index (χ2v) is 5.60. The van der Waals surface area contributed by atoms with Crippen LogP contribution in [0.1, 0.15) is 40.0 Å². The van der Waals surface area contributed by atoms with E-state index in [1.54, 1.807) is 0 Å². The molecule has 3 N–H and O–H groups in total. The van der Waals surface area contributed by atoms with E-state index in [4.69, 9.17) is 22.7 Å². The number of hydrogen-bond acceptors (Lipinski definition) is 3. The van der Waals surface area contributed by atoms with Crippen LogP contribution in [-0.4, -0.2) is 29.1 Å². The van der Waals surface area contributed by atoms with Crippen LogP contribution in [0.25, 0.3) is 0 Å². The van der Waals surface area contributed by atoms with Crippen LogP contribution in [0, 0.1) is 5.92 Å². The van der Waals surface area contributed by atoms with Crippen LogP contribution in [0.2, 0.25) is 0 Å². The molecule has 0 saturated heterocycles. The molecule has 0 bridgehead atoms. The van der Waals surface area contributed by atoms with Crippen LogP contribution < -0.4 is 11.1 Å². The fourth-order valence-corrected chi connectivity index (χ4v) is 1.99. The summed E-state index contributed by atoms with van der Waals surface area (Å²) in [5.74, 6) is 0.455. The average Bonchev–Trinajstić information content (AvgIpc) is 2.13. The van der Waals surface area contributed by atoms with Crippen LogP contribution >= 0.6 is 12.2 Å². The highest BCUT2D eigenvalue weighted by Crippen LogP contribution is 2.32. The van der Waals surface area contributed by atoms with Gasteiger partial charge >= 0.3 is 0 Å². The largest absolute Gasteiger partial charge is 0.391 e. The summed E-state index contributed by atoms with van der Waals surface area (Å²) in [5, 5.41) is 2.86. The van der Waals surface area contributed by atoms with Gasteiger partial charge in [-0.1, -0.05) is 12.2 Å². The summed E-state index contributed by atoms with van der Waals surface area (Å²) >= 11 is 4.90. The fraction of sp³-hybridized carbons (Fsp3) is 0.833. The van der Waals surface area contributed by atoms with E-state index in [1.807, 2.05) is 20.8 Å². The third-order valence-corrected chi connectivity index (χ3v) is 3.65. The standard InChI is InChI=1S/C12H22N2O2S/c1-4-16-9-5-8(6-9)7-10(15)14-12(2,3)11(13)17/h8-9H,4-7H2,1-3H3,(H2,13,17)(H,14,15). The fourth-order valence-electron chi connectivity index (χ4n) is 1.94. The molecule has 1 rings (SSSR count). The molecule has 17 heavy (non-hydrogen) atoms. The molecule has 0 radical (unpaired) electrons. The maximum Gasteiger partial charge on any atom is 0.221 e. The van der Waals surface area contributed by atoms with Gasteiger partial charge in [0.25, 0.3) is 0 Å². The lowest BCUT2D eigenvalue weighted by Crippen LogP contribution is -2.52. The van der Waals surface area contributed by atoms with Crippen molar-refractivity contribution in [1.82, 2.24) is 5.32 Å². The maximum atomic E-state index is 11.8. The first-order valence-corrected chi connectivity index (χ1v) is 6.48. The van der Waals surface area contributed by atoms with Gasteiger partial charge in [0.15, 0.2) is 0 Å². The van der Waals surface area contributed by atoms with Crippen molar-refractivity contribution in [2.75, 3.05) is 6.61 Å². The third-order valence-electron chi connectivity index (χ3n) is 3.14. The molecule has 1 aliphatic carbocycles. The van der Waals surface area contributed by atoms with Gasteiger partial charge in [0, 0.05) is 13.0 Å². The Morgan fingerprint density at radius 3 is 2.59 bits per heavy atom. The van der Waals surface area contributed by atoms with E-state index in [0.717, 1.165) is 19.4 Å². The molecule has 0 atom stereocenters. The molecule has 0 aromatic carbocycles. The summed E-state index contributed by atoms with van der Waals surface area (Å²) in [6, 6.07) is 0. The zero-order valence-electron chi connectivity index (χ0n) is 10.8. The Balaban J connectivity index is 2.26. The monoisotopic (exact) mass is 258 g/mol. The second-order valence-electron chi connectivity index (χ2n) is 5.16. The molecular formula is C12H22N2O2S. The Kier molecular flexibility index (Phi) is 4.89. The third kappa shape index (κ3) is 4.24. The van der Waals surface area contributed by atoms with Crippen LogP contribution in [0.15, 0.2) is 0 Å². The lowest BCUT2D eigenvalue weighted by Gasteiger charge is -2.35. The molecule has 0 unspecified atom stereocenters. The molecule has 1 amide bonds. The number of nitrogens with one attached hydrogen (secondary N) is 1. The Hall–Kier alpha value is -0.680. The second kappa shape index (κ2) is 5.78. The van der Waals surface area contributed by atoms with Crippen LogP contribution in [-0.2, 0) is 9.53 Å². The predicted octanol–water partition coefficient (Wildman–Crippen LogP) is 1.37. The minimum Gasteiger partial charge on any atom is -0.391 e. The van der Waals surface area contributed by atoms with Crippen molar-refractivity contribution in [2.45, 2.75) is 51.7 Å². The van der Waals surface area contributed by atoms with Gasteiger partial charge in [-0.3, -0.25) is 4.79 Å². The molecule has 5 heteroatoms. The Labute approximate surface area is 108 Å². The zero-order valence-corrected chi connectivity index (χ0v) is 11.6. The first-order chi connectivity index (χ1) is 7.85. The summed E-state index contributed by atoms with van der Waals surface area (Å²) < 4.78 is 5.46. The van der Waals surface area contributed by atoms with Gasteiger partial charge in [-0.15, -0.1) is 0 Å². The van der Waals surface area contributed by atoms with Crippen molar-refractivity contribution in [3.63, 3.8) is 0 Å². The number of carbonyl (C=O) groups is 1.